The number of benzene rings is 1. The van der Waals surface area contributed by atoms with Gasteiger partial charge in [0.1, 0.15) is 17.3 Å². The largest absolute Gasteiger partial charge is 0.433 e. The van der Waals surface area contributed by atoms with Crippen LogP contribution in [0.3, 0.4) is 0 Å². The number of hydrogen-bond acceptors (Lipinski definition) is 6. The predicted octanol–water partition coefficient (Wildman–Crippen LogP) is 2.60. The minimum Gasteiger partial charge on any atom is -0.391 e. The average Bonchev–Trinajstić information content (AvgIpc) is 3.17. The maximum absolute atomic E-state index is 14.3. The maximum Gasteiger partial charge on any atom is 0.433 e. The van der Waals surface area contributed by atoms with Crippen LogP contribution in [-0.2, 0) is 27.5 Å². The molecule has 3 N–H and O–H groups in total. The van der Waals surface area contributed by atoms with Crippen molar-refractivity contribution in [1.29, 1.82) is 0 Å². The lowest BCUT2D eigenvalue weighted by Crippen LogP contribution is -2.30. The van der Waals surface area contributed by atoms with Gasteiger partial charge in [-0.3, -0.25) is 9.52 Å². The summed E-state index contributed by atoms with van der Waals surface area (Å²) in [4.78, 5) is 17.9. The molecule has 2 aromatic rings. The number of nitrogens with zero attached hydrogens (tertiary/aromatic N) is 2. The van der Waals surface area contributed by atoms with Crippen LogP contribution >= 0.6 is 0 Å². The molecule has 1 aliphatic heterocycles. The van der Waals surface area contributed by atoms with E-state index in [2.05, 4.69) is 10.3 Å². The van der Waals surface area contributed by atoms with Gasteiger partial charge >= 0.3 is 6.18 Å². The molecule has 1 fully saturated rings. The Bertz CT molecular complexity index is 1170. The molecule has 1 aromatic heterocycles. The van der Waals surface area contributed by atoms with Crippen LogP contribution in [0.1, 0.15) is 36.1 Å². The number of carbonyl (C=O) groups is 1. The molecule has 0 aliphatic carbocycles. The minimum absolute atomic E-state index is 0.0292. The third-order valence-corrected chi connectivity index (χ3v) is 5.93. The van der Waals surface area contributed by atoms with E-state index >= 15 is 0 Å². The SMILES string of the molecule is C[C@H](C(=O)NCc1ccc(C(F)(F)F)nc1N1CC[C@@H](O)C1)c1ccc(NS(C)(=O)=O)c(F)c1. The standard InChI is InChI=1S/C21H24F4N4O4S/c1-12(13-3-5-17(16(22)9-13)28-34(2,32)33)20(31)26-10-14-4-6-18(21(23,24)25)27-19(14)29-8-7-15(30)11-29/h3-6,9,12,15,28,30H,7-8,10-11H2,1-2H3,(H,26,31)/t12-,15+/m0/s1. The van der Waals surface area contributed by atoms with Gasteiger partial charge in [0.05, 0.1) is 24.0 Å². The minimum atomic E-state index is -4.65. The zero-order chi connectivity index (χ0) is 25.3. The number of anilines is 2. The molecule has 0 saturated carbocycles. The fourth-order valence-electron chi connectivity index (χ4n) is 3.55. The highest BCUT2D eigenvalue weighted by Crippen LogP contribution is 2.32. The Kier molecular flexibility index (Phi) is 7.36. The zero-order valence-corrected chi connectivity index (χ0v) is 19.2. The van der Waals surface area contributed by atoms with E-state index in [0.29, 0.717) is 18.5 Å². The van der Waals surface area contributed by atoms with E-state index in [1.807, 2.05) is 4.72 Å². The van der Waals surface area contributed by atoms with Gasteiger partial charge in [-0.15, -0.1) is 0 Å². The summed E-state index contributed by atoms with van der Waals surface area (Å²) >= 11 is 0. The predicted molar refractivity (Wildman–Crippen MR) is 117 cm³/mol. The van der Waals surface area contributed by atoms with Crippen molar-refractivity contribution in [3.63, 3.8) is 0 Å². The molecule has 0 unspecified atom stereocenters. The Balaban J connectivity index is 1.75. The molecule has 1 amide bonds. The van der Waals surface area contributed by atoms with Gasteiger partial charge in [-0.2, -0.15) is 13.2 Å². The molecule has 1 aromatic carbocycles. The van der Waals surface area contributed by atoms with Crippen LogP contribution in [0.4, 0.5) is 29.1 Å². The summed E-state index contributed by atoms with van der Waals surface area (Å²) in [5.74, 6) is -2.18. The molecule has 2 heterocycles. The summed E-state index contributed by atoms with van der Waals surface area (Å²) in [6.45, 7) is 1.82. The van der Waals surface area contributed by atoms with Crippen LogP contribution in [0, 0.1) is 5.82 Å². The monoisotopic (exact) mass is 504 g/mol. The highest BCUT2D eigenvalue weighted by atomic mass is 32.2. The summed E-state index contributed by atoms with van der Waals surface area (Å²) in [5.41, 5.74) is -0.721. The van der Waals surface area contributed by atoms with Crippen LogP contribution in [0.5, 0.6) is 0 Å². The van der Waals surface area contributed by atoms with Crippen molar-refractivity contribution in [2.24, 2.45) is 0 Å². The van der Waals surface area contributed by atoms with Crippen LogP contribution < -0.4 is 14.9 Å². The summed E-state index contributed by atoms with van der Waals surface area (Å²) < 4.78 is 78.3. The van der Waals surface area contributed by atoms with E-state index in [9.17, 15) is 35.9 Å². The lowest BCUT2D eigenvalue weighted by atomic mass is 9.99. The second kappa shape index (κ2) is 9.74. The maximum atomic E-state index is 14.3. The fourth-order valence-corrected chi connectivity index (χ4v) is 4.12. The molecular weight excluding hydrogens is 480 g/mol. The lowest BCUT2D eigenvalue weighted by molar-refractivity contribution is -0.141. The first-order valence-corrected chi connectivity index (χ1v) is 12.2. The van der Waals surface area contributed by atoms with Gasteiger partial charge in [-0.05, 0) is 37.1 Å². The van der Waals surface area contributed by atoms with Gasteiger partial charge in [0.25, 0.3) is 0 Å². The van der Waals surface area contributed by atoms with Crippen molar-refractivity contribution >= 4 is 27.4 Å². The highest BCUT2D eigenvalue weighted by Gasteiger charge is 2.34. The number of hydrogen-bond donors (Lipinski definition) is 3. The van der Waals surface area contributed by atoms with Crippen molar-refractivity contribution in [2.75, 3.05) is 29.0 Å². The number of sulfonamides is 1. The van der Waals surface area contributed by atoms with Crippen LogP contribution in [-0.4, -0.2) is 49.9 Å². The summed E-state index contributed by atoms with van der Waals surface area (Å²) in [6, 6.07) is 5.69. The molecule has 1 aliphatic rings. The lowest BCUT2D eigenvalue weighted by Gasteiger charge is -2.22. The van der Waals surface area contributed by atoms with Gasteiger partial charge < -0.3 is 15.3 Å². The molecular formula is C21H24F4N4O4S. The third-order valence-electron chi connectivity index (χ3n) is 5.34. The molecule has 34 heavy (non-hydrogen) atoms. The first-order chi connectivity index (χ1) is 15.7. The topological polar surface area (TPSA) is 112 Å². The second-order valence-corrected chi connectivity index (χ2v) is 9.87. The number of rotatable bonds is 7. The van der Waals surface area contributed by atoms with Crippen molar-refractivity contribution in [1.82, 2.24) is 10.3 Å². The molecule has 0 spiro atoms. The number of aliphatic hydroxyl groups is 1. The van der Waals surface area contributed by atoms with E-state index in [-0.39, 0.29) is 30.2 Å². The summed E-state index contributed by atoms with van der Waals surface area (Å²) in [5, 5.41) is 12.4. The third kappa shape index (κ3) is 6.35. The van der Waals surface area contributed by atoms with E-state index in [1.54, 1.807) is 0 Å². The zero-order valence-electron chi connectivity index (χ0n) is 18.4. The Morgan fingerprint density at radius 3 is 2.56 bits per heavy atom. The number of β-amino-alcohol motifs (C(OH)–C–C–N with tert-alkyl or cyclic N) is 1. The van der Waals surface area contributed by atoms with Crippen LogP contribution in [0.25, 0.3) is 0 Å². The average molecular weight is 505 g/mol. The van der Waals surface area contributed by atoms with Crippen molar-refractivity contribution in [3.05, 3.63) is 53.0 Å². The molecule has 13 heteroatoms. The Morgan fingerprint density at radius 2 is 2.00 bits per heavy atom. The van der Waals surface area contributed by atoms with Crippen molar-refractivity contribution in [3.8, 4) is 0 Å². The van der Waals surface area contributed by atoms with Gasteiger partial charge in [0, 0.05) is 25.2 Å². The first-order valence-electron chi connectivity index (χ1n) is 10.3. The van der Waals surface area contributed by atoms with Gasteiger partial charge in [0.2, 0.25) is 15.9 Å². The number of nitrogens with one attached hydrogen (secondary N) is 2. The van der Waals surface area contributed by atoms with E-state index < -0.39 is 45.6 Å². The van der Waals surface area contributed by atoms with E-state index in [0.717, 1.165) is 18.4 Å². The number of amides is 1. The Hall–Kier alpha value is -2.93. The summed E-state index contributed by atoms with van der Waals surface area (Å²) in [7, 11) is -3.68. The van der Waals surface area contributed by atoms with Crippen molar-refractivity contribution in [2.45, 2.75) is 38.1 Å². The summed E-state index contributed by atoms with van der Waals surface area (Å²) in [6.07, 6.45) is -4.07. The Labute approximate surface area is 194 Å². The number of carbonyl (C=O) groups excluding carboxylic acids is 1. The van der Waals surface area contributed by atoms with E-state index in [1.165, 1.54) is 30.0 Å². The quantitative estimate of drug-likeness (QED) is 0.500. The first kappa shape index (κ1) is 25.7. The Morgan fingerprint density at radius 1 is 1.29 bits per heavy atom. The number of aromatic nitrogens is 1. The second-order valence-electron chi connectivity index (χ2n) is 8.12. The molecule has 2 atom stereocenters. The number of alkyl halides is 3. The molecule has 3 rings (SSSR count). The molecule has 1 saturated heterocycles. The van der Waals surface area contributed by atoms with Crippen molar-refractivity contribution < 1.29 is 35.9 Å². The number of halogens is 4. The van der Waals surface area contributed by atoms with Gasteiger partial charge in [0.15, 0.2) is 0 Å². The van der Waals surface area contributed by atoms with Crippen LogP contribution in [0.15, 0.2) is 30.3 Å². The fraction of sp³-hybridized carbons (Fsp3) is 0.429. The molecule has 8 nitrogen and oxygen atoms in total. The number of aliphatic hydroxyl groups excluding tert-OH is 1. The van der Waals surface area contributed by atoms with E-state index in [4.69, 9.17) is 0 Å². The van der Waals surface area contributed by atoms with Gasteiger partial charge in [-0.1, -0.05) is 12.1 Å². The molecule has 186 valence electrons. The number of pyridine rings is 1. The molecule has 0 bridgehead atoms. The normalized spacial score (nSPS) is 17.5. The highest BCUT2D eigenvalue weighted by molar-refractivity contribution is 7.92. The smallest absolute Gasteiger partial charge is 0.391 e. The van der Waals surface area contributed by atoms with Crippen LogP contribution in [0.2, 0.25) is 0 Å². The van der Waals surface area contributed by atoms with Gasteiger partial charge in [-0.25, -0.2) is 17.8 Å². The molecule has 0 radical (unpaired) electrons.